The molecule has 0 aliphatic rings. The van der Waals surface area contributed by atoms with Gasteiger partial charge in [-0.05, 0) is 33.3 Å². The fourth-order valence-electron chi connectivity index (χ4n) is 1.05. The molecule has 0 aromatic rings. The summed E-state index contributed by atoms with van der Waals surface area (Å²) in [6.07, 6.45) is 4.31. The van der Waals surface area contributed by atoms with Crippen LogP contribution < -0.4 is 10.8 Å². The number of rotatable bonds is 8. The maximum atomic E-state index is 5.11. The van der Waals surface area contributed by atoms with Crippen molar-refractivity contribution in [1.82, 2.24) is 10.8 Å². The molecule has 0 heterocycles. The van der Waals surface area contributed by atoms with Gasteiger partial charge in [-0.25, -0.2) is 4.99 Å². The van der Waals surface area contributed by atoms with Crippen LogP contribution in [0.2, 0.25) is 0 Å². The van der Waals surface area contributed by atoms with Gasteiger partial charge in [0.2, 0.25) is 0 Å². The minimum Gasteiger partial charge on any atom is -0.414 e. The molecule has 0 aromatic carbocycles. The molecule has 0 saturated carbocycles. The van der Waals surface area contributed by atoms with Crippen molar-refractivity contribution in [3.05, 3.63) is 11.8 Å². The third-order valence-corrected chi connectivity index (χ3v) is 1.89. The molecular weight excluding hydrogens is 216 g/mol. The Balaban J connectivity index is 4.21. The number of hydrogen-bond donors (Lipinski definition) is 2. The summed E-state index contributed by atoms with van der Waals surface area (Å²) in [4.78, 5) is 13.5. The SMILES string of the molecule is CCC(/C=C(\C)ONC)=N\C=N/CNC(C)C. The molecule has 0 unspecified atom stereocenters. The molecular formula is C12H24N4O. The fraction of sp³-hybridized carbons (Fsp3) is 0.667. The highest BCUT2D eigenvalue weighted by molar-refractivity contribution is 5.99. The van der Waals surface area contributed by atoms with Crippen molar-refractivity contribution in [1.29, 1.82) is 0 Å². The quantitative estimate of drug-likeness (QED) is 0.295. The van der Waals surface area contributed by atoms with E-state index < -0.39 is 0 Å². The summed E-state index contributed by atoms with van der Waals surface area (Å²) in [7, 11) is 1.72. The second-order valence-corrected chi connectivity index (χ2v) is 3.85. The van der Waals surface area contributed by atoms with Gasteiger partial charge < -0.3 is 4.84 Å². The van der Waals surface area contributed by atoms with Crippen molar-refractivity contribution in [2.24, 2.45) is 9.98 Å². The highest BCUT2D eigenvalue weighted by Gasteiger charge is 1.93. The molecule has 0 bridgehead atoms. The number of hydroxylamine groups is 1. The van der Waals surface area contributed by atoms with E-state index in [-0.39, 0.29) is 0 Å². The van der Waals surface area contributed by atoms with E-state index in [1.54, 1.807) is 13.4 Å². The lowest BCUT2D eigenvalue weighted by Crippen LogP contribution is -2.22. The molecule has 98 valence electrons. The van der Waals surface area contributed by atoms with Gasteiger partial charge >= 0.3 is 0 Å². The summed E-state index contributed by atoms with van der Waals surface area (Å²) in [6, 6.07) is 0.438. The number of nitrogens with one attached hydrogen (secondary N) is 2. The average Bonchev–Trinajstić information content (AvgIpc) is 2.27. The van der Waals surface area contributed by atoms with Gasteiger partial charge in [-0.15, -0.1) is 0 Å². The third kappa shape index (κ3) is 9.71. The molecule has 5 nitrogen and oxygen atoms in total. The van der Waals surface area contributed by atoms with Crippen LogP contribution in [0, 0.1) is 0 Å². The summed E-state index contributed by atoms with van der Waals surface area (Å²) in [6.45, 7) is 8.67. The standard InChI is InChI=1S/C12H24N4O/c1-6-12(7-11(4)17-13-5)16-9-14-8-15-10(2)3/h7,9-10,13,15H,6,8H2,1-5H3/b11-7+,14-9-,16-12+. The Morgan fingerprint density at radius 2 is 2.12 bits per heavy atom. The first kappa shape index (κ1) is 15.8. The van der Waals surface area contributed by atoms with Crippen LogP contribution in [0.25, 0.3) is 0 Å². The monoisotopic (exact) mass is 240 g/mol. The normalized spacial score (nSPS) is 13.8. The second kappa shape index (κ2) is 9.99. The molecule has 2 N–H and O–H groups in total. The lowest BCUT2D eigenvalue weighted by molar-refractivity contribution is 0.128. The van der Waals surface area contributed by atoms with Crippen LogP contribution in [0.3, 0.4) is 0 Å². The predicted molar refractivity (Wildman–Crippen MR) is 73.3 cm³/mol. The van der Waals surface area contributed by atoms with Crippen molar-refractivity contribution in [3.63, 3.8) is 0 Å². The number of hydrogen-bond acceptors (Lipinski definition) is 4. The van der Waals surface area contributed by atoms with Crippen molar-refractivity contribution in [3.8, 4) is 0 Å². The predicted octanol–water partition coefficient (Wildman–Crippen LogP) is 1.88. The van der Waals surface area contributed by atoms with Crippen molar-refractivity contribution in [2.75, 3.05) is 13.7 Å². The highest BCUT2D eigenvalue weighted by atomic mass is 16.6. The Hall–Kier alpha value is -1.20. The molecule has 0 radical (unpaired) electrons. The van der Waals surface area contributed by atoms with Gasteiger partial charge in [0.1, 0.15) is 12.1 Å². The molecule has 0 rings (SSSR count). The Kier molecular flexibility index (Phi) is 9.28. The molecule has 0 aromatic heterocycles. The second-order valence-electron chi connectivity index (χ2n) is 3.85. The Bertz CT molecular complexity index is 282. The van der Waals surface area contributed by atoms with Gasteiger partial charge in [0, 0.05) is 18.8 Å². The summed E-state index contributed by atoms with van der Waals surface area (Å²) in [5, 5.41) is 3.18. The van der Waals surface area contributed by atoms with Crippen LogP contribution in [-0.2, 0) is 4.84 Å². The molecule has 0 aliphatic carbocycles. The van der Waals surface area contributed by atoms with Gasteiger partial charge in [-0.1, -0.05) is 6.92 Å². The molecule has 0 spiro atoms. The van der Waals surface area contributed by atoms with Crippen LogP contribution in [-0.4, -0.2) is 31.8 Å². The van der Waals surface area contributed by atoms with Crippen molar-refractivity contribution >= 4 is 12.1 Å². The fourth-order valence-corrected chi connectivity index (χ4v) is 1.05. The molecule has 0 saturated heterocycles. The molecule has 0 aliphatic heterocycles. The van der Waals surface area contributed by atoms with E-state index in [4.69, 9.17) is 4.84 Å². The first-order valence-corrected chi connectivity index (χ1v) is 5.90. The topological polar surface area (TPSA) is 58.0 Å². The maximum Gasteiger partial charge on any atom is 0.122 e. The zero-order chi connectivity index (χ0) is 13.1. The first-order chi connectivity index (χ1) is 8.10. The van der Waals surface area contributed by atoms with E-state index in [0.29, 0.717) is 12.7 Å². The summed E-state index contributed by atoms with van der Waals surface area (Å²) >= 11 is 0. The molecule has 0 fully saturated rings. The van der Waals surface area contributed by atoms with Gasteiger partial charge in [0.05, 0.1) is 6.67 Å². The van der Waals surface area contributed by atoms with E-state index in [9.17, 15) is 0 Å². The molecule has 0 atom stereocenters. The lowest BCUT2D eigenvalue weighted by Gasteiger charge is -2.03. The zero-order valence-corrected chi connectivity index (χ0v) is 11.4. The summed E-state index contributed by atoms with van der Waals surface area (Å²) in [5.74, 6) is 0.779. The number of aliphatic imine (C=N–C) groups is 2. The third-order valence-electron chi connectivity index (χ3n) is 1.89. The average molecular weight is 240 g/mol. The van der Waals surface area contributed by atoms with E-state index in [1.165, 1.54) is 0 Å². The molecule has 5 heteroatoms. The number of nitrogens with zero attached hydrogens (tertiary/aromatic N) is 2. The van der Waals surface area contributed by atoms with Gasteiger partial charge in [-0.3, -0.25) is 10.3 Å². The largest absolute Gasteiger partial charge is 0.414 e. The minimum absolute atomic E-state index is 0.438. The lowest BCUT2D eigenvalue weighted by atomic mass is 10.2. The van der Waals surface area contributed by atoms with Crippen LogP contribution in [0.15, 0.2) is 21.8 Å². The minimum atomic E-state index is 0.438. The smallest absolute Gasteiger partial charge is 0.122 e. The first-order valence-electron chi connectivity index (χ1n) is 5.90. The zero-order valence-electron chi connectivity index (χ0n) is 11.4. The summed E-state index contributed by atoms with van der Waals surface area (Å²) < 4.78 is 0. The van der Waals surface area contributed by atoms with Crippen LogP contribution >= 0.6 is 0 Å². The van der Waals surface area contributed by atoms with E-state index >= 15 is 0 Å². The van der Waals surface area contributed by atoms with Gasteiger partial charge in [0.25, 0.3) is 0 Å². The molecule has 0 amide bonds. The Labute approximate surface area is 104 Å². The van der Waals surface area contributed by atoms with Crippen molar-refractivity contribution in [2.45, 2.75) is 40.2 Å². The van der Waals surface area contributed by atoms with E-state index in [0.717, 1.165) is 17.9 Å². The Morgan fingerprint density at radius 3 is 2.65 bits per heavy atom. The van der Waals surface area contributed by atoms with E-state index in [1.807, 2.05) is 19.9 Å². The van der Waals surface area contributed by atoms with Gasteiger partial charge in [-0.2, -0.15) is 5.48 Å². The van der Waals surface area contributed by atoms with Crippen LogP contribution in [0.1, 0.15) is 34.1 Å². The highest BCUT2D eigenvalue weighted by Crippen LogP contribution is 1.96. The number of allylic oxidation sites excluding steroid dienone is 2. The van der Waals surface area contributed by atoms with Crippen LogP contribution in [0.5, 0.6) is 0 Å². The Morgan fingerprint density at radius 1 is 1.41 bits per heavy atom. The van der Waals surface area contributed by atoms with Gasteiger partial charge in [0.15, 0.2) is 0 Å². The molecule has 17 heavy (non-hydrogen) atoms. The van der Waals surface area contributed by atoms with E-state index in [2.05, 4.69) is 34.6 Å². The van der Waals surface area contributed by atoms with Crippen molar-refractivity contribution < 1.29 is 4.84 Å². The summed E-state index contributed by atoms with van der Waals surface area (Å²) in [5.41, 5.74) is 3.55. The maximum absolute atomic E-state index is 5.11. The van der Waals surface area contributed by atoms with Crippen LogP contribution in [0.4, 0.5) is 0 Å².